The van der Waals surface area contributed by atoms with Crippen molar-refractivity contribution in [2.45, 2.75) is 8.37 Å². The van der Waals surface area contributed by atoms with Crippen LogP contribution in [0.3, 0.4) is 0 Å². The predicted octanol–water partition coefficient (Wildman–Crippen LogP) is 2.71. The van der Waals surface area contributed by atoms with Gasteiger partial charge in [-0.05, 0) is 24.3 Å². The molecule has 0 aromatic heterocycles. The molecule has 1 unspecified atom stereocenters. The third-order valence-electron chi connectivity index (χ3n) is 1.68. The molecule has 0 saturated heterocycles. The summed E-state index contributed by atoms with van der Waals surface area (Å²) in [4.78, 5) is 11.6. The normalized spacial score (nSPS) is 13.3. The van der Waals surface area contributed by atoms with Crippen LogP contribution in [0.4, 0.5) is 4.39 Å². The van der Waals surface area contributed by atoms with Gasteiger partial charge in [0, 0.05) is 5.56 Å². The van der Waals surface area contributed by atoms with Crippen LogP contribution in [0.1, 0.15) is 10.4 Å². The Morgan fingerprint density at radius 1 is 1.31 bits per heavy atom. The molecule has 0 aliphatic rings. The third-order valence-corrected chi connectivity index (χ3v) is 2.99. The molecule has 1 rings (SSSR count). The smallest absolute Gasteiger partial charge is 0.253 e. The van der Waals surface area contributed by atoms with Crippen molar-refractivity contribution in [3.8, 4) is 0 Å². The molecule has 16 heavy (non-hydrogen) atoms. The SMILES string of the molecule is O=C(NC(O)C(Br)(Br)Br)c1ccc(F)cc1. The van der Waals surface area contributed by atoms with E-state index in [1.807, 2.05) is 0 Å². The van der Waals surface area contributed by atoms with Crippen molar-refractivity contribution in [1.29, 1.82) is 0 Å². The highest BCUT2D eigenvalue weighted by molar-refractivity contribution is 9.39. The minimum Gasteiger partial charge on any atom is -0.370 e. The molecular weight excluding hydrogens is 413 g/mol. The molecule has 0 saturated carbocycles. The number of rotatable bonds is 2. The van der Waals surface area contributed by atoms with Gasteiger partial charge < -0.3 is 10.4 Å². The van der Waals surface area contributed by atoms with Crippen molar-refractivity contribution >= 4 is 53.7 Å². The van der Waals surface area contributed by atoms with Gasteiger partial charge in [-0.25, -0.2) is 4.39 Å². The van der Waals surface area contributed by atoms with E-state index >= 15 is 0 Å². The number of benzene rings is 1. The monoisotopic (exact) mass is 417 g/mol. The van der Waals surface area contributed by atoms with Gasteiger partial charge in [-0.1, -0.05) is 47.8 Å². The van der Waals surface area contributed by atoms with Gasteiger partial charge in [-0.2, -0.15) is 0 Å². The standard InChI is InChI=1S/C9H7Br3FNO2/c10-9(11,12)8(16)14-7(15)5-1-3-6(13)4-2-5/h1-4,8,16H,(H,14,15). The molecule has 0 aliphatic carbocycles. The summed E-state index contributed by atoms with van der Waals surface area (Å²) >= 11 is 9.20. The zero-order chi connectivity index (χ0) is 12.3. The molecule has 0 spiro atoms. The minimum absolute atomic E-state index is 0.261. The first-order valence-electron chi connectivity index (χ1n) is 4.12. The van der Waals surface area contributed by atoms with Gasteiger partial charge in [-0.3, -0.25) is 4.79 Å². The van der Waals surface area contributed by atoms with E-state index in [0.717, 1.165) is 0 Å². The van der Waals surface area contributed by atoms with Crippen LogP contribution in [-0.4, -0.2) is 19.4 Å². The zero-order valence-corrected chi connectivity index (χ0v) is 12.5. The molecule has 1 amide bonds. The topological polar surface area (TPSA) is 49.3 Å². The Hall–Kier alpha value is 0.0200. The summed E-state index contributed by atoms with van der Waals surface area (Å²) in [6.07, 6.45) is -1.19. The molecule has 1 aromatic rings. The lowest BCUT2D eigenvalue weighted by Gasteiger charge is -2.21. The Morgan fingerprint density at radius 3 is 2.25 bits per heavy atom. The number of carbonyl (C=O) groups is 1. The molecule has 1 atom stereocenters. The van der Waals surface area contributed by atoms with Crippen LogP contribution in [0.15, 0.2) is 24.3 Å². The maximum absolute atomic E-state index is 12.6. The molecule has 2 N–H and O–H groups in total. The fourth-order valence-electron chi connectivity index (χ4n) is 0.891. The Labute approximate surface area is 117 Å². The molecule has 0 aliphatic heterocycles. The van der Waals surface area contributed by atoms with Crippen LogP contribution < -0.4 is 5.32 Å². The number of nitrogens with one attached hydrogen (secondary N) is 1. The zero-order valence-electron chi connectivity index (χ0n) is 7.75. The second-order valence-corrected chi connectivity index (χ2v) is 9.87. The maximum atomic E-state index is 12.6. The fourth-order valence-corrected chi connectivity index (χ4v) is 1.23. The number of carbonyl (C=O) groups excluding carboxylic acids is 1. The van der Waals surface area contributed by atoms with Gasteiger partial charge in [0.25, 0.3) is 5.91 Å². The van der Waals surface area contributed by atoms with Crippen LogP contribution in [0.5, 0.6) is 0 Å². The minimum atomic E-state index is -1.19. The first kappa shape index (κ1) is 14.1. The quantitative estimate of drug-likeness (QED) is 0.572. The summed E-state index contributed by atoms with van der Waals surface area (Å²) in [5, 5.41) is 11.8. The van der Waals surface area contributed by atoms with Gasteiger partial charge in [0.15, 0.2) is 8.37 Å². The van der Waals surface area contributed by atoms with Crippen molar-refractivity contribution in [2.75, 3.05) is 0 Å². The highest BCUT2D eigenvalue weighted by atomic mass is 80.0. The number of halogens is 4. The third kappa shape index (κ3) is 4.12. The number of aliphatic hydroxyl groups excluding tert-OH is 1. The lowest BCUT2D eigenvalue weighted by molar-refractivity contribution is 0.0809. The molecule has 0 radical (unpaired) electrons. The second-order valence-electron chi connectivity index (χ2n) is 2.92. The molecular formula is C9H7Br3FNO2. The summed E-state index contributed by atoms with van der Waals surface area (Å²) in [7, 11) is 0. The average Bonchev–Trinajstić information content (AvgIpc) is 2.17. The van der Waals surface area contributed by atoms with Crippen LogP contribution >= 0.6 is 47.8 Å². The number of hydrogen-bond donors (Lipinski definition) is 2. The van der Waals surface area contributed by atoms with E-state index in [0.29, 0.717) is 0 Å². The first-order valence-corrected chi connectivity index (χ1v) is 6.50. The molecule has 0 bridgehead atoms. The Balaban J connectivity index is 2.70. The van der Waals surface area contributed by atoms with Crippen molar-refractivity contribution in [3.05, 3.63) is 35.6 Å². The van der Waals surface area contributed by atoms with E-state index < -0.39 is 20.1 Å². The van der Waals surface area contributed by atoms with Crippen LogP contribution in [0.2, 0.25) is 0 Å². The number of alkyl halides is 3. The Kier molecular flexibility index (Phi) is 4.90. The van der Waals surface area contributed by atoms with Crippen molar-refractivity contribution in [3.63, 3.8) is 0 Å². The van der Waals surface area contributed by atoms with Crippen LogP contribution in [0, 0.1) is 5.82 Å². The largest absolute Gasteiger partial charge is 0.370 e. The van der Waals surface area contributed by atoms with Crippen molar-refractivity contribution < 1.29 is 14.3 Å². The van der Waals surface area contributed by atoms with E-state index in [2.05, 4.69) is 53.1 Å². The lowest BCUT2D eigenvalue weighted by Crippen LogP contribution is -2.42. The molecule has 3 nitrogen and oxygen atoms in total. The van der Waals surface area contributed by atoms with Gasteiger partial charge in [0.2, 0.25) is 0 Å². The number of hydrogen-bond acceptors (Lipinski definition) is 2. The summed E-state index contributed by atoms with van der Waals surface area (Å²) in [5.74, 6) is -0.928. The molecule has 88 valence electrons. The van der Waals surface area contributed by atoms with Crippen LogP contribution in [-0.2, 0) is 0 Å². The van der Waals surface area contributed by atoms with E-state index in [4.69, 9.17) is 0 Å². The van der Waals surface area contributed by atoms with Crippen molar-refractivity contribution in [2.24, 2.45) is 0 Å². The van der Waals surface area contributed by atoms with E-state index in [9.17, 15) is 14.3 Å². The highest BCUT2D eigenvalue weighted by Gasteiger charge is 2.30. The summed E-state index contributed by atoms with van der Waals surface area (Å²) < 4.78 is 11.6. The maximum Gasteiger partial charge on any atom is 0.253 e. The van der Waals surface area contributed by atoms with Gasteiger partial charge in [0.1, 0.15) is 5.82 Å². The molecule has 0 heterocycles. The summed E-state index contributed by atoms with van der Waals surface area (Å²) in [6, 6.07) is 5.00. The van der Waals surface area contributed by atoms with E-state index in [1.54, 1.807) is 0 Å². The Bertz CT molecular complexity index is 377. The Morgan fingerprint density at radius 2 is 1.81 bits per heavy atom. The molecule has 7 heteroatoms. The summed E-state index contributed by atoms with van der Waals surface area (Å²) in [6.45, 7) is 0. The second kappa shape index (κ2) is 5.57. The van der Waals surface area contributed by atoms with Crippen molar-refractivity contribution in [1.82, 2.24) is 5.32 Å². The molecule has 1 aromatic carbocycles. The predicted molar refractivity (Wildman–Crippen MR) is 69.4 cm³/mol. The van der Waals surface area contributed by atoms with Gasteiger partial charge >= 0.3 is 0 Å². The van der Waals surface area contributed by atoms with E-state index in [-0.39, 0.29) is 5.56 Å². The fraction of sp³-hybridized carbons (Fsp3) is 0.222. The van der Waals surface area contributed by atoms with Crippen LogP contribution in [0.25, 0.3) is 0 Å². The number of amides is 1. The van der Waals surface area contributed by atoms with E-state index in [1.165, 1.54) is 24.3 Å². The van der Waals surface area contributed by atoms with Gasteiger partial charge in [-0.15, -0.1) is 0 Å². The average molecular weight is 420 g/mol. The highest BCUT2D eigenvalue weighted by Crippen LogP contribution is 2.36. The lowest BCUT2D eigenvalue weighted by atomic mass is 10.2. The molecule has 0 fully saturated rings. The number of aliphatic hydroxyl groups is 1. The summed E-state index contributed by atoms with van der Waals surface area (Å²) in [5.41, 5.74) is 0.261. The first-order chi connectivity index (χ1) is 7.30. The van der Waals surface area contributed by atoms with Gasteiger partial charge in [0.05, 0.1) is 0 Å².